The third-order valence-electron chi connectivity index (χ3n) is 3.90. The van der Waals surface area contributed by atoms with Gasteiger partial charge in [0.1, 0.15) is 0 Å². The summed E-state index contributed by atoms with van der Waals surface area (Å²) in [5.74, 6) is 0.0983. The molecule has 0 saturated carbocycles. The normalized spacial score (nSPS) is 17.9. The van der Waals surface area contributed by atoms with Gasteiger partial charge in [-0.1, -0.05) is 6.92 Å². The first-order chi connectivity index (χ1) is 9.70. The molecule has 0 bridgehead atoms. The van der Waals surface area contributed by atoms with Crippen LogP contribution in [0.5, 0.6) is 0 Å². The van der Waals surface area contributed by atoms with Crippen LogP contribution in [0.3, 0.4) is 0 Å². The number of nitrogens with zero attached hydrogens (tertiary/aromatic N) is 2. The van der Waals surface area contributed by atoms with Crippen molar-refractivity contribution in [3.8, 4) is 0 Å². The standard InChI is InChI=1S/C16H18N2OS/c1-3-14-13-7-9-20-15(13)6-8-18(14)16(19)12-5-4-11(2)17-10-12/h4-5,7,9-10,14H,3,6,8H2,1-2H3. The van der Waals surface area contributed by atoms with Gasteiger partial charge in [0, 0.05) is 23.3 Å². The molecule has 0 N–H and O–H groups in total. The molecule has 1 aliphatic heterocycles. The van der Waals surface area contributed by atoms with Crippen LogP contribution in [0.25, 0.3) is 0 Å². The molecule has 0 spiro atoms. The summed E-state index contributed by atoms with van der Waals surface area (Å²) in [4.78, 5) is 20.4. The van der Waals surface area contributed by atoms with Gasteiger partial charge in [-0.2, -0.15) is 0 Å². The van der Waals surface area contributed by atoms with Gasteiger partial charge in [-0.3, -0.25) is 9.78 Å². The van der Waals surface area contributed by atoms with Crippen LogP contribution in [0.15, 0.2) is 29.8 Å². The molecular weight excluding hydrogens is 268 g/mol. The summed E-state index contributed by atoms with van der Waals surface area (Å²) < 4.78 is 0. The summed E-state index contributed by atoms with van der Waals surface area (Å²) in [6.45, 7) is 4.88. The molecule has 1 aliphatic rings. The molecule has 3 heterocycles. The minimum atomic E-state index is 0.0983. The Hall–Kier alpha value is -1.68. The molecule has 20 heavy (non-hydrogen) atoms. The van der Waals surface area contributed by atoms with Crippen molar-refractivity contribution in [2.75, 3.05) is 6.54 Å². The van der Waals surface area contributed by atoms with Crippen molar-refractivity contribution in [1.82, 2.24) is 9.88 Å². The number of hydrogen-bond donors (Lipinski definition) is 0. The highest BCUT2D eigenvalue weighted by atomic mass is 32.1. The predicted molar refractivity (Wildman–Crippen MR) is 81.1 cm³/mol. The molecule has 3 nitrogen and oxygen atoms in total. The molecular formula is C16H18N2OS. The number of hydrogen-bond acceptors (Lipinski definition) is 3. The minimum absolute atomic E-state index is 0.0983. The van der Waals surface area contributed by atoms with Crippen LogP contribution in [-0.2, 0) is 6.42 Å². The molecule has 2 aromatic heterocycles. The Morgan fingerprint density at radius 1 is 1.45 bits per heavy atom. The maximum atomic E-state index is 12.7. The molecule has 0 fully saturated rings. The van der Waals surface area contributed by atoms with E-state index in [1.807, 2.05) is 24.0 Å². The first kappa shape index (κ1) is 13.3. The van der Waals surface area contributed by atoms with Crippen LogP contribution in [-0.4, -0.2) is 22.3 Å². The van der Waals surface area contributed by atoms with Gasteiger partial charge >= 0.3 is 0 Å². The molecule has 0 aliphatic carbocycles. The molecule has 1 atom stereocenters. The highest BCUT2D eigenvalue weighted by Crippen LogP contribution is 2.35. The largest absolute Gasteiger partial charge is 0.331 e. The SMILES string of the molecule is CCC1c2ccsc2CCN1C(=O)c1ccc(C)nc1. The number of pyridine rings is 1. The van der Waals surface area contributed by atoms with E-state index >= 15 is 0 Å². The van der Waals surface area contributed by atoms with Crippen LogP contribution in [0, 0.1) is 6.92 Å². The van der Waals surface area contributed by atoms with Gasteiger partial charge in [-0.15, -0.1) is 11.3 Å². The second kappa shape index (κ2) is 5.37. The van der Waals surface area contributed by atoms with Gasteiger partial charge in [0.25, 0.3) is 5.91 Å². The molecule has 0 aromatic carbocycles. The summed E-state index contributed by atoms with van der Waals surface area (Å²) in [6.07, 6.45) is 3.61. The van der Waals surface area contributed by atoms with E-state index in [4.69, 9.17) is 0 Å². The van der Waals surface area contributed by atoms with Crippen molar-refractivity contribution in [2.45, 2.75) is 32.7 Å². The number of carbonyl (C=O) groups excluding carboxylic acids is 1. The quantitative estimate of drug-likeness (QED) is 0.845. The Morgan fingerprint density at radius 2 is 2.30 bits per heavy atom. The Kier molecular flexibility index (Phi) is 3.57. The lowest BCUT2D eigenvalue weighted by atomic mass is 9.97. The number of aromatic nitrogens is 1. The lowest BCUT2D eigenvalue weighted by Crippen LogP contribution is -2.39. The second-order valence-corrected chi connectivity index (χ2v) is 6.16. The molecule has 1 amide bonds. The third-order valence-corrected chi connectivity index (χ3v) is 4.90. The third kappa shape index (κ3) is 2.24. The number of rotatable bonds is 2. The smallest absolute Gasteiger partial charge is 0.255 e. The molecule has 0 saturated heterocycles. The number of thiophene rings is 1. The maximum Gasteiger partial charge on any atom is 0.255 e. The van der Waals surface area contributed by atoms with Crippen molar-refractivity contribution < 1.29 is 4.79 Å². The van der Waals surface area contributed by atoms with E-state index in [-0.39, 0.29) is 11.9 Å². The number of carbonyl (C=O) groups is 1. The monoisotopic (exact) mass is 286 g/mol. The zero-order valence-corrected chi connectivity index (χ0v) is 12.6. The van der Waals surface area contributed by atoms with E-state index in [1.54, 1.807) is 17.5 Å². The summed E-state index contributed by atoms with van der Waals surface area (Å²) in [6, 6.07) is 6.15. The Labute approximate surface area is 123 Å². The van der Waals surface area contributed by atoms with Gasteiger partial charge in [-0.25, -0.2) is 0 Å². The molecule has 3 rings (SSSR count). The fourth-order valence-corrected chi connectivity index (χ4v) is 3.77. The van der Waals surface area contributed by atoms with Crippen LogP contribution in [0.1, 0.15) is 45.9 Å². The van der Waals surface area contributed by atoms with Crippen LogP contribution < -0.4 is 0 Å². The molecule has 1 unspecified atom stereocenters. The Bertz CT molecular complexity index is 618. The van der Waals surface area contributed by atoms with Crippen LogP contribution in [0.4, 0.5) is 0 Å². The lowest BCUT2D eigenvalue weighted by molar-refractivity contribution is 0.0657. The van der Waals surface area contributed by atoms with E-state index in [9.17, 15) is 4.79 Å². The minimum Gasteiger partial charge on any atom is -0.331 e. The number of amides is 1. The fourth-order valence-electron chi connectivity index (χ4n) is 2.84. The fraction of sp³-hybridized carbons (Fsp3) is 0.375. The van der Waals surface area contributed by atoms with Gasteiger partial charge in [0.15, 0.2) is 0 Å². The predicted octanol–water partition coefficient (Wildman–Crippen LogP) is 3.60. The average molecular weight is 286 g/mol. The van der Waals surface area contributed by atoms with Crippen molar-refractivity contribution in [3.05, 3.63) is 51.5 Å². The van der Waals surface area contributed by atoms with Gasteiger partial charge < -0.3 is 4.90 Å². The number of aryl methyl sites for hydroxylation is 1. The zero-order chi connectivity index (χ0) is 14.1. The van der Waals surface area contributed by atoms with Crippen molar-refractivity contribution in [2.24, 2.45) is 0 Å². The first-order valence-electron chi connectivity index (χ1n) is 7.00. The highest BCUT2D eigenvalue weighted by Gasteiger charge is 2.30. The van der Waals surface area contributed by atoms with Crippen molar-refractivity contribution in [3.63, 3.8) is 0 Å². The Morgan fingerprint density at radius 3 is 3.00 bits per heavy atom. The van der Waals surface area contributed by atoms with E-state index in [0.717, 1.165) is 25.1 Å². The van der Waals surface area contributed by atoms with Crippen molar-refractivity contribution in [1.29, 1.82) is 0 Å². The van der Waals surface area contributed by atoms with Crippen LogP contribution in [0.2, 0.25) is 0 Å². The van der Waals surface area contributed by atoms with E-state index in [1.165, 1.54) is 10.4 Å². The molecule has 0 radical (unpaired) electrons. The topological polar surface area (TPSA) is 33.2 Å². The van der Waals surface area contributed by atoms with Gasteiger partial charge in [0.05, 0.1) is 11.6 Å². The number of fused-ring (bicyclic) bond motifs is 1. The van der Waals surface area contributed by atoms with E-state index in [2.05, 4.69) is 23.4 Å². The summed E-state index contributed by atoms with van der Waals surface area (Å²) in [7, 11) is 0. The zero-order valence-electron chi connectivity index (χ0n) is 11.8. The Balaban J connectivity index is 1.90. The van der Waals surface area contributed by atoms with Crippen LogP contribution >= 0.6 is 11.3 Å². The highest BCUT2D eigenvalue weighted by molar-refractivity contribution is 7.10. The van der Waals surface area contributed by atoms with E-state index in [0.29, 0.717) is 5.56 Å². The summed E-state index contributed by atoms with van der Waals surface area (Å²) >= 11 is 1.81. The van der Waals surface area contributed by atoms with Gasteiger partial charge in [0.2, 0.25) is 0 Å². The maximum absolute atomic E-state index is 12.7. The summed E-state index contributed by atoms with van der Waals surface area (Å²) in [5.41, 5.74) is 2.96. The molecule has 104 valence electrons. The molecule has 4 heteroatoms. The van der Waals surface area contributed by atoms with Gasteiger partial charge in [-0.05, 0) is 48.9 Å². The van der Waals surface area contributed by atoms with Crippen molar-refractivity contribution >= 4 is 17.2 Å². The first-order valence-corrected chi connectivity index (χ1v) is 7.88. The molecule has 2 aromatic rings. The van der Waals surface area contributed by atoms with E-state index < -0.39 is 0 Å². The second-order valence-electron chi connectivity index (χ2n) is 5.16. The summed E-state index contributed by atoms with van der Waals surface area (Å²) in [5, 5.41) is 2.13. The average Bonchev–Trinajstić information content (AvgIpc) is 2.94. The lowest BCUT2D eigenvalue weighted by Gasteiger charge is -2.35.